The number of fused-ring (bicyclic) bond motifs is 1. The molecule has 1 atom stereocenters. The van der Waals surface area contributed by atoms with E-state index >= 15 is 0 Å². The van der Waals surface area contributed by atoms with Gasteiger partial charge in [-0.15, -0.1) is 0 Å². The van der Waals surface area contributed by atoms with Gasteiger partial charge in [0.2, 0.25) is 0 Å². The molecule has 1 aromatic carbocycles. The first kappa shape index (κ1) is 22.8. The molecule has 1 saturated heterocycles. The van der Waals surface area contributed by atoms with E-state index in [2.05, 4.69) is 28.0 Å². The molecule has 0 amide bonds. The van der Waals surface area contributed by atoms with Crippen molar-refractivity contribution in [3.63, 3.8) is 0 Å². The quantitative estimate of drug-likeness (QED) is 0.316. The van der Waals surface area contributed by atoms with Crippen LogP contribution in [-0.4, -0.2) is 39.2 Å². The second-order valence-electron chi connectivity index (χ2n) is 8.59. The van der Waals surface area contributed by atoms with Gasteiger partial charge in [-0.1, -0.05) is 41.0 Å². The van der Waals surface area contributed by atoms with E-state index in [0.717, 1.165) is 48.2 Å². The molecule has 176 valence electrons. The smallest absolute Gasteiger partial charge is 0.354 e. The third-order valence-electron chi connectivity index (χ3n) is 6.34. The Labute approximate surface area is 199 Å². The molecule has 5 nitrogen and oxygen atoms in total. The number of nitrogens with zero attached hydrogens (tertiary/aromatic N) is 4. The standard InChI is InChI=1S/C25H22ClF3N4O/c1-15-4-3-10-33(15)11-9-17-6-2-5-16-7-8-20(31-23(16)17)22-13-21(32-34-22)24-19(26)12-18(14-30-24)25(27,28)29/h2,5-8,12-15H,3-4,9-11H2,1H3/t15-/m1/s1. The monoisotopic (exact) mass is 486 g/mol. The van der Waals surface area contributed by atoms with E-state index in [1.165, 1.54) is 12.8 Å². The number of rotatable bonds is 5. The number of pyridine rings is 2. The average Bonchev–Trinajstić information content (AvgIpc) is 3.46. The van der Waals surface area contributed by atoms with Crippen LogP contribution in [0.2, 0.25) is 5.02 Å². The Kier molecular flexibility index (Phi) is 6.04. The van der Waals surface area contributed by atoms with Gasteiger partial charge in [0.05, 0.1) is 16.1 Å². The molecule has 0 spiro atoms. The molecule has 4 heterocycles. The predicted octanol–water partition coefficient (Wildman–Crippen LogP) is 6.65. The van der Waals surface area contributed by atoms with E-state index in [4.69, 9.17) is 21.1 Å². The normalized spacial score (nSPS) is 17.0. The van der Waals surface area contributed by atoms with Gasteiger partial charge < -0.3 is 9.42 Å². The van der Waals surface area contributed by atoms with Crippen LogP contribution < -0.4 is 0 Å². The van der Waals surface area contributed by atoms with Crippen LogP contribution in [0.5, 0.6) is 0 Å². The van der Waals surface area contributed by atoms with E-state index < -0.39 is 11.7 Å². The fourth-order valence-electron chi connectivity index (χ4n) is 4.43. The maximum atomic E-state index is 12.9. The van der Waals surface area contributed by atoms with Crippen LogP contribution >= 0.6 is 11.6 Å². The highest BCUT2D eigenvalue weighted by Crippen LogP contribution is 2.35. The van der Waals surface area contributed by atoms with Crippen molar-refractivity contribution in [2.75, 3.05) is 13.1 Å². The molecule has 1 aliphatic heterocycles. The lowest BCUT2D eigenvalue weighted by Crippen LogP contribution is -2.29. The molecule has 1 aliphatic rings. The summed E-state index contributed by atoms with van der Waals surface area (Å²) in [6.45, 7) is 4.38. The summed E-state index contributed by atoms with van der Waals surface area (Å²) in [5, 5.41) is 4.84. The zero-order valence-corrected chi connectivity index (χ0v) is 19.2. The highest BCUT2D eigenvalue weighted by atomic mass is 35.5. The Bertz CT molecular complexity index is 1340. The fraction of sp³-hybridized carbons (Fsp3) is 0.320. The fourth-order valence-corrected chi connectivity index (χ4v) is 4.69. The van der Waals surface area contributed by atoms with Crippen LogP contribution in [0.3, 0.4) is 0 Å². The second-order valence-corrected chi connectivity index (χ2v) is 9.00. The lowest BCUT2D eigenvalue weighted by atomic mass is 10.1. The largest absolute Gasteiger partial charge is 0.417 e. The van der Waals surface area contributed by atoms with E-state index in [0.29, 0.717) is 17.5 Å². The summed E-state index contributed by atoms with van der Waals surface area (Å²) in [5.41, 5.74) is 2.08. The van der Waals surface area contributed by atoms with Gasteiger partial charge in [-0.3, -0.25) is 4.98 Å². The van der Waals surface area contributed by atoms with Gasteiger partial charge in [0.15, 0.2) is 5.76 Å². The van der Waals surface area contributed by atoms with Gasteiger partial charge in [-0.05, 0) is 50.4 Å². The molecule has 0 saturated carbocycles. The van der Waals surface area contributed by atoms with Gasteiger partial charge in [0.25, 0.3) is 0 Å². The summed E-state index contributed by atoms with van der Waals surface area (Å²) in [5.74, 6) is 0.387. The molecule has 3 aromatic heterocycles. The first-order valence-corrected chi connectivity index (χ1v) is 11.5. The molecule has 0 aliphatic carbocycles. The molecular weight excluding hydrogens is 465 g/mol. The molecule has 34 heavy (non-hydrogen) atoms. The first-order chi connectivity index (χ1) is 16.3. The predicted molar refractivity (Wildman–Crippen MR) is 124 cm³/mol. The van der Waals surface area contributed by atoms with Crippen molar-refractivity contribution in [1.82, 2.24) is 20.0 Å². The topological polar surface area (TPSA) is 55.1 Å². The Morgan fingerprint density at radius 3 is 2.74 bits per heavy atom. The van der Waals surface area contributed by atoms with Crippen molar-refractivity contribution >= 4 is 22.5 Å². The number of hydrogen-bond donors (Lipinski definition) is 0. The summed E-state index contributed by atoms with van der Waals surface area (Å²) in [6.07, 6.45) is -0.416. The van der Waals surface area contributed by atoms with E-state index in [-0.39, 0.29) is 16.4 Å². The Balaban J connectivity index is 1.43. The number of halogens is 4. The Morgan fingerprint density at radius 1 is 1.15 bits per heavy atom. The molecule has 9 heteroatoms. The van der Waals surface area contributed by atoms with Crippen molar-refractivity contribution in [2.45, 2.75) is 38.4 Å². The van der Waals surface area contributed by atoms with Gasteiger partial charge >= 0.3 is 6.18 Å². The highest BCUT2D eigenvalue weighted by molar-refractivity contribution is 6.33. The average molecular weight is 487 g/mol. The lowest BCUT2D eigenvalue weighted by Gasteiger charge is -2.21. The summed E-state index contributed by atoms with van der Waals surface area (Å²) >= 11 is 6.06. The zero-order valence-electron chi connectivity index (χ0n) is 18.4. The van der Waals surface area contributed by atoms with Crippen molar-refractivity contribution in [3.05, 3.63) is 64.8 Å². The summed E-state index contributed by atoms with van der Waals surface area (Å²) in [7, 11) is 0. The van der Waals surface area contributed by atoms with Crippen molar-refractivity contribution in [1.29, 1.82) is 0 Å². The minimum absolute atomic E-state index is 0.117. The van der Waals surface area contributed by atoms with Crippen LogP contribution in [-0.2, 0) is 12.6 Å². The SMILES string of the molecule is C[C@@H]1CCCN1CCc1cccc2ccc(-c3cc(-c4ncc(C(F)(F)F)cc4Cl)no3)nc12. The molecule has 0 N–H and O–H groups in total. The van der Waals surface area contributed by atoms with Crippen molar-refractivity contribution in [2.24, 2.45) is 0 Å². The molecule has 1 fully saturated rings. The third kappa shape index (κ3) is 4.52. The maximum Gasteiger partial charge on any atom is 0.417 e. The highest BCUT2D eigenvalue weighted by Gasteiger charge is 2.32. The van der Waals surface area contributed by atoms with Gasteiger partial charge in [0.1, 0.15) is 17.1 Å². The maximum absolute atomic E-state index is 12.9. The van der Waals surface area contributed by atoms with Crippen LogP contribution in [0.15, 0.2) is 53.2 Å². The molecule has 5 rings (SSSR count). The second kappa shape index (κ2) is 9.00. The van der Waals surface area contributed by atoms with Crippen LogP contribution in [0, 0.1) is 0 Å². The molecule has 0 unspecified atom stereocenters. The number of aromatic nitrogens is 3. The molecular formula is C25H22ClF3N4O. The van der Waals surface area contributed by atoms with Gasteiger partial charge in [-0.25, -0.2) is 4.98 Å². The number of likely N-dealkylation sites (tertiary alicyclic amines) is 1. The van der Waals surface area contributed by atoms with Crippen molar-refractivity contribution < 1.29 is 17.7 Å². The van der Waals surface area contributed by atoms with Gasteiger partial charge in [-0.2, -0.15) is 13.2 Å². The van der Waals surface area contributed by atoms with E-state index in [1.807, 2.05) is 24.3 Å². The molecule has 4 aromatic rings. The molecule has 0 radical (unpaired) electrons. The number of alkyl halides is 3. The van der Waals surface area contributed by atoms with Crippen molar-refractivity contribution in [3.8, 4) is 22.8 Å². The summed E-state index contributed by atoms with van der Waals surface area (Å²) in [4.78, 5) is 11.2. The summed E-state index contributed by atoms with van der Waals surface area (Å²) < 4.78 is 44.2. The van der Waals surface area contributed by atoms with Crippen LogP contribution in [0.1, 0.15) is 30.9 Å². The molecule has 0 bridgehead atoms. The number of para-hydroxylation sites is 1. The van der Waals surface area contributed by atoms with Gasteiger partial charge in [0, 0.05) is 30.2 Å². The zero-order chi connectivity index (χ0) is 23.9. The van der Waals surface area contributed by atoms with Crippen LogP contribution in [0.25, 0.3) is 33.7 Å². The van der Waals surface area contributed by atoms with E-state index in [9.17, 15) is 13.2 Å². The summed E-state index contributed by atoms with van der Waals surface area (Å²) in [6, 6.07) is 13.0. The lowest BCUT2D eigenvalue weighted by molar-refractivity contribution is -0.137. The Morgan fingerprint density at radius 2 is 2.00 bits per heavy atom. The Hall–Kier alpha value is -2.97. The minimum atomic E-state index is -4.52. The minimum Gasteiger partial charge on any atom is -0.354 e. The van der Waals surface area contributed by atoms with Crippen LogP contribution in [0.4, 0.5) is 13.2 Å². The first-order valence-electron chi connectivity index (χ1n) is 11.1. The number of hydrogen-bond acceptors (Lipinski definition) is 5. The third-order valence-corrected chi connectivity index (χ3v) is 6.62. The number of benzene rings is 1. The van der Waals surface area contributed by atoms with E-state index in [1.54, 1.807) is 6.07 Å².